The van der Waals surface area contributed by atoms with Crippen LogP contribution in [0, 0.1) is 17.2 Å². The summed E-state index contributed by atoms with van der Waals surface area (Å²) in [5.74, 6) is 0.372. The Labute approximate surface area is 143 Å². The first-order valence-corrected chi connectivity index (χ1v) is 8.48. The van der Waals surface area contributed by atoms with Crippen LogP contribution in [-0.2, 0) is 13.6 Å². The van der Waals surface area contributed by atoms with Crippen molar-refractivity contribution < 1.29 is 5.11 Å². The van der Waals surface area contributed by atoms with Crippen molar-refractivity contribution in [1.82, 2.24) is 14.7 Å². The van der Waals surface area contributed by atoms with E-state index in [0.717, 1.165) is 37.2 Å². The Morgan fingerprint density at radius 1 is 1.29 bits per heavy atom. The number of piperidine rings is 1. The molecule has 1 aliphatic heterocycles. The molecule has 0 amide bonds. The number of likely N-dealkylation sites (tertiary alicyclic amines) is 1. The molecule has 1 N–H and O–H groups in total. The van der Waals surface area contributed by atoms with Crippen LogP contribution in [-0.4, -0.2) is 39.0 Å². The van der Waals surface area contributed by atoms with Gasteiger partial charge in [0.2, 0.25) is 0 Å². The minimum absolute atomic E-state index is 0.263. The van der Waals surface area contributed by atoms with Crippen LogP contribution in [0.5, 0.6) is 0 Å². The average molecular weight is 324 g/mol. The third kappa shape index (κ3) is 3.50. The largest absolute Gasteiger partial charge is 0.396 e. The molecule has 0 bridgehead atoms. The number of aryl methyl sites for hydroxylation is 1. The zero-order valence-electron chi connectivity index (χ0n) is 14.3. The number of hydrogen-bond acceptors (Lipinski definition) is 4. The summed E-state index contributed by atoms with van der Waals surface area (Å²) in [4.78, 5) is 2.44. The zero-order valence-corrected chi connectivity index (χ0v) is 14.3. The molecule has 24 heavy (non-hydrogen) atoms. The SMILES string of the molecule is C[C@@H]1CC[C@@H](CO)CN1Cc1cn(C)nc1-c1ccc(C#N)cc1. The van der Waals surface area contributed by atoms with Crippen molar-refractivity contribution in [3.05, 3.63) is 41.6 Å². The number of aliphatic hydroxyl groups is 1. The number of benzene rings is 1. The van der Waals surface area contributed by atoms with Gasteiger partial charge in [-0.2, -0.15) is 10.4 Å². The minimum atomic E-state index is 0.263. The molecule has 0 aliphatic carbocycles. The third-order valence-electron chi connectivity index (χ3n) is 4.93. The van der Waals surface area contributed by atoms with Crippen LogP contribution in [0.25, 0.3) is 11.3 Å². The van der Waals surface area contributed by atoms with Gasteiger partial charge in [-0.25, -0.2) is 0 Å². The Bertz CT molecular complexity index is 729. The van der Waals surface area contributed by atoms with Crippen molar-refractivity contribution in [2.24, 2.45) is 13.0 Å². The Morgan fingerprint density at radius 2 is 2.04 bits per heavy atom. The lowest BCUT2D eigenvalue weighted by Crippen LogP contribution is -2.42. The van der Waals surface area contributed by atoms with Crippen molar-refractivity contribution in [1.29, 1.82) is 5.26 Å². The predicted molar refractivity (Wildman–Crippen MR) is 93.0 cm³/mol. The smallest absolute Gasteiger partial charge is 0.0991 e. The molecule has 5 nitrogen and oxygen atoms in total. The molecule has 1 aromatic carbocycles. The van der Waals surface area contributed by atoms with Gasteiger partial charge in [-0.3, -0.25) is 9.58 Å². The van der Waals surface area contributed by atoms with Gasteiger partial charge in [-0.15, -0.1) is 0 Å². The highest BCUT2D eigenvalue weighted by molar-refractivity contribution is 5.63. The van der Waals surface area contributed by atoms with Gasteiger partial charge in [0.25, 0.3) is 0 Å². The first-order chi connectivity index (χ1) is 11.6. The highest BCUT2D eigenvalue weighted by Crippen LogP contribution is 2.28. The summed E-state index contributed by atoms with van der Waals surface area (Å²) in [7, 11) is 1.94. The van der Waals surface area contributed by atoms with E-state index in [-0.39, 0.29) is 6.61 Å². The Hall–Kier alpha value is -2.16. The van der Waals surface area contributed by atoms with Crippen molar-refractivity contribution in [2.45, 2.75) is 32.4 Å². The van der Waals surface area contributed by atoms with Gasteiger partial charge in [0.15, 0.2) is 0 Å². The molecule has 0 saturated carbocycles. The molecule has 1 aromatic heterocycles. The number of hydrogen-bond donors (Lipinski definition) is 1. The number of aromatic nitrogens is 2. The van der Waals surface area contributed by atoms with E-state index in [2.05, 4.69) is 29.2 Å². The van der Waals surface area contributed by atoms with Crippen LogP contribution in [0.4, 0.5) is 0 Å². The average Bonchev–Trinajstić information content (AvgIpc) is 2.97. The molecule has 2 heterocycles. The van der Waals surface area contributed by atoms with Crippen molar-refractivity contribution in [3.8, 4) is 17.3 Å². The van der Waals surface area contributed by atoms with Crippen molar-refractivity contribution in [3.63, 3.8) is 0 Å². The van der Waals surface area contributed by atoms with Crippen molar-refractivity contribution >= 4 is 0 Å². The first kappa shape index (κ1) is 16.7. The normalized spacial score (nSPS) is 21.6. The monoisotopic (exact) mass is 324 g/mol. The van der Waals surface area contributed by atoms with Gasteiger partial charge in [-0.1, -0.05) is 12.1 Å². The number of nitrogens with zero attached hydrogens (tertiary/aromatic N) is 4. The van der Waals surface area contributed by atoms with Crippen LogP contribution in [0.15, 0.2) is 30.5 Å². The molecule has 1 fully saturated rings. The molecule has 5 heteroatoms. The molecule has 0 unspecified atom stereocenters. The fourth-order valence-corrected chi connectivity index (χ4v) is 3.45. The summed E-state index contributed by atoms with van der Waals surface area (Å²) in [6, 6.07) is 10.2. The molecule has 3 rings (SSSR count). The second-order valence-corrected chi connectivity index (χ2v) is 6.77. The van der Waals surface area contributed by atoms with E-state index in [1.165, 1.54) is 5.56 Å². The standard InChI is InChI=1S/C19H24N4O/c1-14-3-4-16(13-24)10-23(14)12-18-11-22(2)21-19(18)17-7-5-15(9-20)6-8-17/h5-8,11,14,16,24H,3-4,10,12-13H2,1-2H3/t14-,16-/m1/s1. The molecular formula is C19H24N4O. The van der Waals surface area contributed by atoms with E-state index in [1.807, 2.05) is 36.0 Å². The first-order valence-electron chi connectivity index (χ1n) is 8.48. The van der Waals surface area contributed by atoms with Crippen LogP contribution in [0.1, 0.15) is 30.9 Å². The maximum atomic E-state index is 9.48. The van der Waals surface area contributed by atoms with E-state index >= 15 is 0 Å². The Kier molecular flexibility index (Phi) is 4.98. The molecule has 1 saturated heterocycles. The fourth-order valence-electron chi connectivity index (χ4n) is 3.45. The summed E-state index contributed by atoms with van der Waals surface area (Å²) >= 11 is 0. The summed E-state index contributed by atoms with van der Waals surface area (Å²) in [6.45, 7) is 4.28. The third-order valence-corrected chi connectivity index (χ3v) is 4.93. The summed E-state index contributed by atoms with van der Waals surface area (Å²) in [5, 5.41) is 23.1. The topological polar surface area (TPSA) is 65.1 Å². The lowest BCUT2D eigenvalue weighted by molar-refractivity contribution is 0.0772. The van der Waals surface area contributed by atoms with Gasteiger partial charge < -0.3 is 5.11 Å². The molecule has 126 valence electrons. The highest BCUT2D eigenvalue weighted by Gasteiger charge is 2.26. The van der Waals surface area contributed by atoms with Crippen molar-refractivity contribution in [2.75, 3.05) is 13.2 Å². The van der Waals surface area contributed by atoms with Crippen LogP contribution >= 0.6 is 0 Å². The van der Waals surface area contributed by atoms with E-state index in [9.17, 15) is 5.11 Å². The second-order valence-electron chi connectivity index (χ2n) is 6.77. The lowest BCUT2D eigenvalue weighted by atomic mass is 9.93. The van der Waals surface area contributed by atoms with Crippen LogP contribution in [0.2, 0.25) is 0 Å². The summed E-state index contributed by atoms with van der Waals surface area (Å²) in [5.41, 5.74) is 3.85. The zero-order chi connectivity index (χ0) is 17.1. The van der Waals surface area contributed by atoms with Gasteiger partial charge in [0.1, 0.15) is 0 Å². The lowest BCUT2D eigenvalue weighted by Gasteiger charge is -2.37. The number of aliphatic hydroxyl groups excluding tert-OH is 1. The number of nitriles is 1. The summed E-state index contributed by atoms with van der Waals surface area (Å²) in [6.07, 6.45) is 4.30. The maximum absolute atomic E-state index is 9.48. The highest BCUT2D eigenvalue weighted by atomic mass is 16.3. The molecule has 1 aliphatic rings. The van der Waals surface area contributed by atoms with Crippen LogP contribution < -0.4 is 0 Å². The van der Waals surface area contributed by atoms with E-state index in [0.29, 0.717) is 17.5 Å². The predicted octanol–water partition coefficient (Wildman–Crippen LogP) is 2.55. The van der Waals surface area contributed by atoms with Gasteiger partial charge in [0.05, 0.1) is 17.3 Å². The van der Waals surface area contributed by atoms with Gasteiger partial charge >= 0.3 is 0 Å². The second kappa shape index (κ2) is 7.16. The molecule has 2 aromatic rings. The van der Waals surface area contributed by atoms with E-state index in [4.69, 9.17) is 5.26 Å². The van der Waals surface area contributed by atoms with Gasteiger partial charge in [-0.05, 0) is 37.8 Å². The molecule has 0 spiro atoms. The minimum Gasteiger partial charge on any atom is -0.396 e. The quantitative estimate of drug-likeness (QED) is 0.939. The van der Waals surface area contributed by atoms with Gasteiger partial charge in [0, 0.05) is 50.1 Å². The summed E-state index contributed by atoms with van der Waals surface area (Å²) < 4.78 is 1.85. The van der Waals surface area contributed by atoms with E-state index in [1.54, 1.807) is 0 Å². The maximum Gasteiger partial charge on any atom is 0.0991 e. The fraction of sp³-hybridized carbons (Fsp3) is 0.474. The Morgan fingerprint density at radius 3 is 2.71 bits per heavy atom. The van der Waals surface area contributed by atoms with Crippen LogP contribution in [0.3, 0.4) is 0 Å². The molecular weight excluding hydrogens is 300 g/mol. The molecule has 2 atom stereocenters. The van der Waals surface area contributed by atoms with E-state index < -0.39 is 0 Å². The number of rotatable bonds is 4. The molecule has 0 radical (unpaired) electrons. The Balaban J connectivity index is 1.84.